The van der Waals surface area contributed by atoms with E-state index in [4.69, 9.17) is 11.7 Å². The topological polar surface area (TPSA) is 27.0 Å². The van der Waals surface area contributed by atoms with E-state index < -0.39 is 5.82 Å². The summed E-state index contributed by atoms with van der Waals surface area (Å²) in [6.07, 6.45) is 6.15. The van der Waals surface area contributed by atoms with Crippen LogP contribution in [0, 0.1) is 29.5 Å². The normalized spacial score (nSPS) is 9.25. The molecule has 16 heavy (non-hydrogen) atoms. The Morgan fingerprint density at radius 3 is 2.81 bits per heavy atom. The fraction of sp³-hybridized carbons (Fsp3) is 0.308. The van der Waals surface area contributed by atoms with Crippen LogP contribution in [0.2, 0.25) is 0 Å². The molecule has 0 amide bonds. The molecule has 2 nitrogen and oxygen atoms in total. The molecule has 0 heterocycles. The monoisotopic (exact) mass is 216 g/mol. The van der Waals surface area contributed by atoms with Gasteiger partial charge in [-0.15, -0.1) is 6.42 Å². The zero-order valence-corrected chi connectivity index (χ0v) is 9.20. The van der Waals surface area contributed by atoms with Crippen molar-refractivity contribution in [3.63, 3.8) is 0 Å². The highest BCUT2D eigenvalue weighted by Crippen LogP contribution is 2.22. The lowest BCUT2D eigenvalue weighted by Gasteiger charge is -2.22. The maximum Gasteiger partial charge on any atom is 0.143 e. The van der Waals surface area contributed by atoms with Gasteiger partial charge in [0.05, 0.1) is 12.2 Å². The number of hydrogen-bond donors (Lipinski definition) is 0. The summed E-state index contributed by atoms with van der Waals surface area (Å²) in [7, 11) is 0. The first kappa shape index (κ1) is 12.1. The molecule has 0 aliphatic heterocycles. The Morgan fingerprint density at radius 1 is 1.50 bits per heavy atom. The molecule has 0 saturated heterocycles. The Hall–Kier alpha value is -2.00. The second-order valence-electron chi connectivity index (χ2n) is 3.37. The summed E-state index contributed by atoms with van der Waals surface area (Å²) in [5, 5.41) is 8.92. The lowest BCUT2D eigenvalue weighted by molar-refractivity contribution is 0.622. The number of nitrogens with zero attached hydrogens (tertiary/aromatic N) is 2. The molecule has 0 atom stereocenters. The summed E-state index contributed by atoms with van der Waals surface area (Å²) in [6, 6.07) is 6.46. The van der Waals surface area contributed by atoms with Crippen molar-refractivity contribution in [3.05, 3.63) is 29.6 Å². The maximum atomic E-state index is 13.4. The van der Waals surface area contributed by atoms with Gasteiger partial charge < -0.3 is 4.90 Å². The zero-order chi connectivity index (χ0) is 12.0. The van der Waals surface area contributed by atoms with Gasteiger partial charge in [0.1, 0.15) is 17.4 Å². The van der Waals surface area contributed by atoms with Crippen molar-refractivity contribution in [2.45, 2.75) is 13.3 Å². The molecule has 0 unspecified atom stereocenters. The van der Waals surface area contributed by atoms with Gasteiger partial charge in [0.15, 0.2) is 0 Å². The van der Waals surface area contributed by atoms with Gasteiger partial charge in [0.25, 0.3) is 0 Å². The van der Waals surface area contributed by atoms with Crippen LogP contribution in [-0.2, 0) is 0 Å². The van der Waals surface area contributed by atoms with E-state index in [0.29, 0.717) is 18.8 Å². The van der Waals surface area contributed by atoms with Crippen LogP contribution in [-0.4, -0.2) is 13.1 Å². The number of nitriles is 1. The molecule has 1 aromatic carbocycles. The lowest BCUT2D eigenvalue weighted by atomic mass is 10.1. The van der Waals surface area contributed by atoms with Gasteiger partial charge in [0, 0.05) is 6.54 Å². The lowest BCUT2D eigenvalue weighted by Crippen LogP contribution is -2.25. The number of benzene rings is 1. The average molecular weight is 216 g/mol. The van der Waals surface area contributed by atoms with Crippen molar-refractivity contribution in [2.24, 2.45) is 0 Å². The van der Waals surface area contributed by atoms with Gasteiger partial charge in [0.2, 0.25) is 0 Å². The van der Waals surface area contributed by atoms with E-state index in [0.717, 1.165) is 6.42 Å². The molecule has 82 valence electrons. The molecule has 1 aromatic rings. The number of halogens is 1. The fourth-order valence-corrected chi connectivity index (χ4v) is 1.55. The third-order valence-corrected chi connectivity index (χ3v) is 2.22. The first-order valence-electron chi connectivity index (χ1n) is 5.11. The van der Waals surface area contributed by atoms with Gasteiger partial charge >= 0.3 is 0 Å². The SMILES string of the molecule is C#CCN(CCC)c1cccc(F)c1C#N. The smallest absolute Gasteiger partial charge is 0.143 e. The van der Waals surface area contributed by atoms with Crippen LogP contribution < -0.4 is 4.90 Å². The molecule has 0 aliphatic rings. The highest BCUT2D eigenvalue weighted by atomic mass is 19.1. The first-order valence-corrected chi connectivity index (χ1v) is 5.11. The summed E-state index contributed by atoms with van der Waals surface area (Å²) in [6.45, 7) is 3.10. The Morgan fingerprint density at radius 2 is 2.25 bits per heavy atom. The minimum Gasteiger partial charge on any atom is -0.359 e. The van der Waals surface area contributed by atoms with Crippen LogP contribution in [0.15, 0.2) is 18.2 Å². The van der Waals surface area contributed by atoms with Gasteiger partial charge in [-0.25, -0.2) is 4.39 Å². The van der Waals surface area contributed by atoms with Crippen molar-refractivity contribution in [2.75, 3.05) is 18.0 Å². The van der Waals surface area contributed by atoms with E-state index in [1.807, 2.05) is 17.9 Å². The fourth-order valence-electron chi connectivity index (χ4n) is 1.55. The molecule has 0 aliphatic carbocycles. The van der Waals surface area contributed by atoms with E-state index in [-0.39, 0.29) is 5.56 Å². The van der Waals surface area contributed by atoms with E-state index in [9.17, 15) is 4.39 Å². The minimum atomic E-state index is -0.502. The average Bonchev–Trinajstić information content (AvgIpc) is 2.28. The van der Waals surface area contributed by atoms with Crippen LogP contribution in [0.25, 0.3) is 0 Å². The Bertz CT molecular complexity index is 440. The molecule has 0 bridgehead atoms. The molecule has 0 saturated carbocycles. The number of hydrogen-bond acceptors (Lipinski definition) is 2. The summed E-state index contributed by atoms with van der Waals surface area (Å²) < 4.78 is 13.4. The maximum absolute atomic E-state index is 13.4. The van der Waals surface area contributed by atoms with Crippen LogP contribution >= 0.6 is 0 Å². The van der Waals surface area contributed by atoms with Gasteiger partial charge in [-0.1, -0.05) is 18.9 Å². The summed E-state index contributed by atoms with van der Waals surface area (Å²) in [5.41, 5.74) is 0.633. The molecule has 3 heteroatoms. The predicted octanol–water partition coefficient (Wildman–Crippen LogP) is 2.55. The molecule has 0 spiro atoms. The summed E-state index contributed by atoms with van der Waals surface area (Å²) in [5.74, 6) is 2.01. The number of terminal acetylenes is 1. The minimum absolute atomic E-state index is 0.0613. The third kappa shape index (κ3) is 2.52. The van der Waals surface area contributed by atoms with Crippen molar-refractivity contribution in [1.82, 2.24) is 0 Å². The zero-order valence-electron chi connectivity index (χ0n) is 9.20. The largest absolute Gasteiger partial charge is 0.359 e. The van der Waals surface area contributed by atoms with Gasteiger partial charge in [-0.3, -0.25) is 0 Å². The highest BCUT2D eigenvalue weighted by Gasteiger charge is 2.12. The van der Waals surface area contributed by atoms with Gasteiger partial charge in [-0.05, 0) is 18.6 Å². The van der Waals surface area contributed by atoms with E-state index in [1.165, 1.54) is 6.07 Å². The Labute approximate surface area is 95.3 Å². The van der Waals surface area contributed by atoms with Crippen molar-refractivity contribution in [3.8, 4) is 18.4 Å². The predicted molar refractivity (Wildman–Crippen MR) is 62.5 cm³/mol. The van der Waals surface area contributed by atoms with Gasteiger partial charge in [-0.2, -0.15) is 5.26 Å². The number of anilines is 1. The molecular formula is C13H13FN2. The Kier molecular flexibility index (Phi) is 4.36. The van der Waals surface area contributed by atoms with Crippen molar-refractivity contribution >= 4 is 5.69 Å². The number of rotatable bonds is 4. The first-order chi connectivity index (χ1) is 7.74. The second kappa shape index (κ2) is 5.78. The molecule has 0 N–H and O–H groups in total. The molecule has 1 rings (SSSR count). The third-order valence-electron chi connectivity index (χ3n) is 2.22. The molecule has 0 radical (unpaired) electrons. The van der Waals surface area contributed by atoms with E-state index in [1.54, 1.807) is 12.1 Å². The molecule has 0 aromatic heterocycles. The van der Waals surface area contributed by atoms with Crippen LogP contribution in [0.5, 0.6) is 0 Å². The molecular weight excluding hydrogens is 203 g/mol. The highest BCUT2D eigenvalue weighted by molar-refractivity contribution is 5.60. The molecule has 0 fully saturated rings. The van der Waals surface area contributed by atoms with Crippen LogP contribution in [0.3, 0.4) is 0 Å². The second-order valence-corrected chi connectivity index (χ2v) is 3.37. The van der Waals surface area contributed by atoms with E-state index in [2.05, 4.69) is 5.92 Å². The van der Waals surface area contributed by atoms with Crippen molar-refractivity contribution < 1.29 is 4.39 Å². The standard InChI is InChI=1S/C13H13FN2/c1-3-8-16(9-4-2)13-7-5-6-12(14)11(13)10-15/h1,5-7H,4,8-9H2,2H3. The quantitative estimate of drug-likeness (QED) is 0.723. The van der Waals surface area contributed by atoms with Crippen LogP contribution in [0.4, 0.5) is 10.1 Å². The summed E-state index contributed by atoms with van der Waals surface area (Å²) in [4.78, 5) is 1.83. The van der Waals surface area contributed by atoms with Crippen LogP contribution in [0.1, 0.15) is 18.9 Å². The van der Waals surface area contributed by atoms with Crippen molar-refractivity contribution in [1.29, 1.82) is 5.26 Å². The van der Waals surface area contributed by atoms with E-state index >= 15 is 0 Å². The Balaban J connectivity index is 3.14. The summed E-state index contributed by atoms with van der Waals surface area (Å²) >= 11 is 0.